The molecule has 0 aliphatic heterocycles. The van der Waals surface area contributed by atoms with E-state index in [1.54, 1.807) is 11.3 Å². The molecular weight excluding hydrogens is 306 g/mol. The highest BCUT2D eigenvalue weighted by Gasteiger charge is 2.66. The summed E-state index contributed by atoms with van der Waals surface area (Å²) in [6, 6.07) is 2.15. The highest BCUT2D eigenvalue weighted by molar-refractivity contribution is 9.10. The van der Waals surface area contributed by atoms with Crippen LogP contribution in [0, 0.1) is 16.7 Å². The summed E-state index contributed by atoms with van der Waals surface area (Å²) in [6.07, 6.45) is 0. The van der Waals surface area contributed by atoms with Crippen LogP contribution in [0.2, 0.25) is 4.34 Å². The van der Waals surface area contributed by atoms with Crippen molar-refractivity contribution in [3.8, 4) is 0 Å². The normalized spacial score (nSPS) is 24.4. The summed E-state index contributed by atoms with van der Waals surface area (Å²) in [5.41, 5.74) is 6.99. The van der Waals surface area contributed by atoms with Gasteiger partial charge in [0.25, 0.3) is 0 Å². The third kappa shape index (κ3) is 1.67. The van der Waals surface area contributed by atoms with Crippen molar-refractivity contribution in [2.24, 2.45) is 22.5 Å². The maximum Gasteiger partial charge on any atom is 0.107 e. The van der Waals surface area contributed by atoms with E-state index in [0.717, 1.165) is 8.81 Å². The SMILES string of the molecule is CC1(C)C(C(N)c2cc(Br)c(Cl)s2)C1(C)C. The van der Waals surface area contributed by atoms with E-state index >= 15 is 0 Å². The smallest absolute Gasteiger partial charge is 0.107 e. The fourth-order valence-electron chi connectivity index (χ4n) is 2.84. The van der Waals surface area contributed by atoms with Crippen LogP contribution >= 0.6 is 38.9 Å². The second-order valence-electron chi connectivity index (χ2n) is 5.72. The average Bonchev–Trinajstić information content (AvgIpc) is 2.39. The summed E-state index contributed by atoms with van der Waals surface area (Å²) in [5.74, 6) is 0.529. The Kier molecular flexibility index (Phi) is 2.99. The Labute approximate surface area is 114 Å². The Balaban J connectivity index is 2.25. The second-order valence-corrected chi connectivity index (χ2v) is 8.26. The average molecular weight is 323 g/mol. The molecule has 1 aliphatic rings. The number of hydrogen-bond donors (Lipinski definition) is 1. The lowest BCUT2D eigenvalue weighted by molar-refractivity contribution is 0.457. The van der Waals surface area contributed by atoms with Crippen LogP contribution in [0.25, 0.3) is 0 Å². The van der Waals surface area contributed by atoms with E-state index < -0.39 is 0 Å². The van der Waals surface area contributed by atoms with Crippen molar-refractivity contribution in [3.63, 3.8) is 0 Å². The van der Waals surface area contributed by atoms with Gasteiger partial charge in [0.1, 0.15) is 4.34 Å². The first kappa shape index (κ1) is 12.9. The van der Waals surface area contributed by atoms with Gasteiger partial charge in [0.15, 0.2) is 0 Å². The molecule has 2 rings (SSSR count). The van der Waals surface area contributed by atoms with Gasteiger partial charge in [-0.25, -0.2) is 0 Å². The van der Waals surface area contributed by atoms with E-state index in [1.165, 1.54) is 4.88 Å². The largest absolute Gasteiger partial charge is 0.323 e. The molecule has 4 heteroatoms. The second kappa shape index (κ2) is 3.71. The Bertz CT molecular complexity index is 391. The molecule has 1 saturated carbocycles. The molecule has 0 spiro atoms. The van der Waals surface area contributed by atoms with Crippen molar-refractivity contribution in [3.05, 3.63) is 19.8 Å². The van der Waals surface area contributed by atoms with Gasteiger partial charge in [0, 0.05) is 15.4 Å². The van der Waals surface area contributed by atoms with Crippen LogP contribution < -0.4 is 5.73 Å². The van der Waals surface area contributed by atoms with Crippen molar-refractivity contribution >= 4 is 38.9 Å². The van der Waals surface area contributed by atoms with E-state index in [4.69, 9.17) is 17.3 Å². The van der Waals surface area contributed by atoms with Crippen molar-refractivity contribution in [2.45, 2.75) is 33.7 Å². The van der Waals surface area contributed by atoms with E-state index in [9.17, 15) is 0 Å². The van der Waals surface area contributed by atoms with Crippen molar-refractivity contribution in [2.75, 3.05) is 0 Å². The summed E-state index contributed by atoms with van der Waals surface area (Å²) >= 11 is 11.1. The summed E-state index contributed by atoms with van der Waals surface area (Å²) in [4.78, 5) is 1.18. The summed E-state index contributed by atoms with van der Waals surface area (Å²) in [6.45, 7) is 9.17. The molecule has 1 aromatic heterocycles. The fraction of sp³-hybridized carbons (Fsp3) is 0.667. The van der Waals surface area contributed by atoms with Crippen LogP contribution in [0.3, 0.4) is 0 Å². The van der Waals surface area contributed by atoms with Gasteiger partial charge in [-0.2, -0.15) is 0 Å². The molecule has 1 aliphatic carbocycles. The zero-order valence-corrected chi connectivity index (χ0v) is 13.1. The van der Waals surface area contributed by atoms with E-state index in [-0.39, 0.29) is 6.04 Å². The molecule has 1 unspecified atom stereocenters. The predicted molar refractivity (Wildman–Crippen MR) is 75.0 cm³/mol. The van der Waals surface area contributed by atoms with Gasteiger partial charge < -0.3 is 5.73 Å². The minimum absolute atomic E-state index is 0.0961. The maximum atomic E-state index is 6.36. The summed E-state index contributed by atoms with van der Waals surface area (Å²) in [5, 5.41) is 0. The van der Waals surface area contributed by atoms with Crippen molar-refractivity contribution in [1.82, 2.24) is 0 Å². The predicted octanol–water partition coefficient (Wildman–Crippen LogP) is 4.85. The molecule has 90 valence electrons. The van der Waals surface area contributed by atoms with Crippen molar-refractivity contribution < 1.29 is 0 Å². The number of nitrogens with two attached hydrogens (primary N) is 1. The zero-order chi connectivity index (χ0) is 12.3. The third-order valence-corrected chi connectivity index (χ3v) is 7.06. The van der Waals surface area contributed by atoms with Gasteiger partial charge in [-0.1, -0.05) is 39.3 Å². The fourth-order valence-corrected chi connectivity index (χ4v) is 4.61. The maximum absolute atomic E-state index is 6.36. The highest BCUT2D eigenvalue weighted by Crippen LogP contribution is 2.72. The van der Waals surface area contributed by atoms with E-state index in [2.05, 4.69) is 49.7 Å². The lowest BCUT2D eigenvalue weighted by Gasteiger charge is -2.11. The van der Waals surface area contributed by atoms with Crippen LogP contribution in [-0.4, -0.2) is 0 Å². The van der Waals surface area contributed by atoms with Crippen LogP contribution in [0.5, 0.6) is 0 Å². The molecule has 2 N–H and O–H groups in total. The van der Waals surface area contributed by atoms with Gasteiger partial charge in [0.2, 0.25) is 0 Å². The molecule has 0 bridgehead atoms. The topological polar surface area (TPSA) is 26.0 Å². The van der Waals surface area contributed by atoms with Gasteiger partial charge in [-0.3, -0.25) is 0 Å². The third-order valence-electron chi connectivity index (χ3n) is 4.48. The molecule has 0 aromatic carbocycles. The Hall–Kier alpha value is 0.430. The Morgan fingerprint density at radius 2 is 1.88 bits per heavy atom. The van der Waals surface area contributed by atoms with Gasteiger partial charge in [0.05, 0.1) is 0 Å². The monoisotopic (exact) mass is 321 g/mol. The standard InChI is InChI=1S/C12H17BrClNS/c1-11(2)9(12(11,3)4)8(15)7-5-6(13)10(14)16-7/h5,8-9H,15H2,1-4H3. The number of hydrogen-bond acceptors (Lipinski definition) is 2. The lowest BCUT2D eigenvalue weighted by Crippen LogP contribution is -2.15. The molecule has 1 aromatic rings. The van der Waals surface area contributed by atoms with E-state index in [0.29, 0.717) is 16.7 Å². The van der Waals surface area contributed by atoms with Gasteiger partial charge in [-0.05, 0) is 38.7 Å². The highest BCUT2D eigenvalue weighted by atomic mass is 79.9. The molecule has 1 heterocycles. The molecule has 0 radical (unpaired) electrons. The summed E-state index contributed by atoms with van der Waals surface area (Å²) < 4.78 is 1.75. The first-order valence-corrected chi connectivity index (χ1v) is 7.38. The minimum Gasteiger partial charge on any atom is -0.323 e. The van der Waals surface area contributed by atoms with Crippen molar-refractivity contribution in [1.29, 1.82) is 0 Å². The van der Waals surface area contributed by atoms with Crippen LogP contribution in [0.1, 0.15) is 38.6 Å². The molecule has 0 amide bonds. The van der Waals surface area contributed by atoms with Crippen LogP contribution in [0.4, 0.5) is 0 Å². The number of thiophene rings is 1. The quantitative estimate of drug-likeness (QED) is 0.828. The van der Waals surface area contributed by atoms with E-state index in [1.807, 2.05) is 0 Å². The minimum atomic E-state index is 0.0961. The molecule has 1 fully saturated rings. The van der Waals surface area contributed by atoms with Gasteiger partial charge in [-0.15, -0.1) is 11.3 Å². The molecule has 0 saturated heterocycles. The lowest BCUT2D eigenvalue weighted by atomic mass is 10.0. The number of rotatable bonds is 2. The Morgan fingerprint density at radius 3 is 2.19 bits per heavy atom. The summed E-state index contributed by atoms with van der Waals surface area (Å²) in [7, 11) is 0. The molecule has 1 nitrogen and oxygen atoms in total. The van der Waals surface area contributed by atoms with Crippen LogP contribution in [0.15, 0.2) is 10.5 Å². The van der Waals surface area contributed by atoms with Crippen LogP contribution in [-0.2, 0) is 0 Å². The first-order valence-electron chi connectivity index (χ1n) is 5.40. The van der Waals surface area contributed by atoms with Gasteiger partial charge >= 0.3 is 0 Å². The number of halogens is 2. The molecule has 16 heavy (non-hydrogen) atoms. The molecule has 1 atom stereocenters. The molecular formula is C12H17BrClNS. The Morgan fingerprint density at radius 1 is 1.38 bits per heavy atom. The first-order chi connectivity index (χ1) is 7.19. The zero-order valence-electron chi connectivity index (χ0n) is 9.97.